The van der Waals surface area contributed by atoms with Gasteiger partial charge in [0, 0.05) is 17.7 Å². The van der Waals surface area contributed by atoms with Crippen molar-refractivity contribution in [1.82, 2.24) is 10.3 Å². The van der Waals surface area contributed by atoms with E-state index < -0.39 is 0 Å². The van der Waals surface area contributed by atoms with E-state index in [0.717, 1.165) is 25.1 Å². The number of anilines is 1. The number of carbonyl (C=O) groups excluding carboxylic acids is 1. The van der Waals surface area contributed by atoms with Crippen molar-refractivity contribution in [2.45, 2.75) is 32.7 Å². The maximum Gasteiger partial charge on any atom is 0.228 e. The molecular formula is C14H22ClN3O2. The largest absolute Gasteiger partial charge is 0.493 e. The van der Waals surface area contributed by atoms with E-state index in [9.17, 15) is 4.79 Å². The number of halogens is 1. The van der Waals surface area contributed by atoms with Crippen molar-refractivity contribution < 1.29 is 9.53 Å². The van der Waals surface area contributed by atoms with E-state index in [-0.39, 0.29) is 24.2 Å². The first-order chi connectivity index (χ1) is 9.10. The number of pyridine rings is 1. The number of piperidine rings is 1. The van der Waals surface area contributed by atoms with Crippen LogP contribution in [0.3, 0.4) is 0 Å². The standard InChI is InChI=1S/C14H21N3O2.ClH/c1-9-4-5-12(19-3)13(16-9)17-14(18)11-6-7-15-10(2)8-11;/h4-5,10-11,15H,6-8H2,1-3H3,(H,16,17,18);1H/t10-,11-;/m0./s1. The number of carbonyl (C=O) groups is 1. The van der Waals surface area contributed by atoms with Crippen LogP contribution in [0.1, 0.15) is 25.5 Å². The first-order valence-corrected chi connectivity index (χ1v) is 6.66. The predicted octanol–water partition coefficient (Wildman–Crippen LogP) is 2.15. The van der Waals surface area contributed by atoms with Crippen molar-refractivity contribution in [1.29, 1.82) is 0 Å². The van der Waals surface area contributed by atoms with E-state index in [2.05, 4.69) is 22.5 Å². The number of nitrogens with one attached hydrogen (secondary N) is 2. The van der Waals surface area contributed by atoms with Crippen LogP contribution in [0, 0.1) is 12.8 Å². The quantitative estimate of drug-likeness (QED) is 0.898. The lowest BCUT2D eigenvalue weighted by molar-refractivity contribution is -0.120. The van der Waals surface area contributed by atoms with Crippen molar-refractivity contribution >= 4 is 24.1 Å². The highest BCUT2D eigenvalue weighted by Gasteiger charge is 2.25. The summed E-state index contributed by atoms with van der Waals surface area (Å²) in [6.07, 6.45) is 1.73. The molecule has 6 heteroatoms. The molecule has 0 saturated carbocycles. The molecule has 0 spiro atoms. The zero-order valence-corrected chi connectivity index (χ0v) is 12.9. The van der Waals surface area contributed by atoms with Gasteiger partial charge in [-0.25, -0.2) is 4.98 Å². The maximum atomic E-state index is 12.3. The molecule has 0 aromatic carbocycles. The minimum Gasteiger partial charge on any atom is -0.493 e. The van der Waals surface area contributed by atoms with Gasteiger partial charge in [0.2, 0.25) is 5.91 Å². The molecule has 2 rings (SSSR count). The van der Waals surface area contributed by atoms with Gasteiger partial charge in [-0.2, -0.15) is 0 Å². The fourth-order valence-electron chi connectivity index (χ4n) is 2.39. The lowest BCUT2D eigenvalue weighted by Gasteiger charge is -2.27. The molecule has 1 amide bonds. The maximum absolute atomic E-state index is 12.3. The molecule has 1 aromatic rings. The zero-order valence-electron chi connectivity index (χ0n) is 12.1. The van der Waals surface area contributed by atoms with E-state index in [1.54, 1.807) is 7.11 Å². The summed E-state index contributed by atoms with van der Waals surface area (Å²) < 4.78 is 5.22. The second-order valence-electron chi connectivity index (χ2n) is 5.07. The van der Waals surface area contributed by atoms with Crippen molar-refractivity contribution in [3.8, 4) is 5.75 Å². The third-order valence-electron chi connectivity index (χ3n) is 3.45. The van der Waals surface area contributed by atoms with Crippen LogP contribution in [-0.2, 0) is 4.79 Å². The third-order valence-corrected chi connectivity index (χ3v) is 3.45. The van der Waals surface area contributed by atoms with Gasteiger partial charge in [0.1, 0.15) is 0 Å². The Labute approximate surface area is 125 Å². The van der Waals surface area contributed by atoms with E-state index in [1.807, 2.05) is 19.1 Å². The molecule has 5 nitrogen and oxygen atoms in total. The lowest BCUT2D eigenvalue weighted by Crippen LogP contribution is -2.40. The molecule has 0 radical (unpaired) electrons. The van der Waals surface area contributed by atoms with E-state index >= 15 is 0 Å². The summed E-state index contributed by atoms with van der Waals surface area (Å²) >= 11 is 0. The average Bonchev–Trinajstić information content (AvgIpc) is 2.39. The first-order valence-electron chi connectivity index (χ1n) is 6.66. The number of hydrogen-bond donors (Lipinski definition) is 2. The molecular weight excluding hydrogens is 278 g/mol. The third kappa shape index (κ3) is 4.08. The number of aryl methyl sites for hydroxylation is 1. The Hall–Kier alpha value is -1.33. The second kappa shape index (κ2) is 7.45. The monoisotopic (exact) mass is 299 g/mol. The van der Waals surface area contributed by atoms with Gasteiger partial charge in [0.15, 0.2) is 11.6 Å². The molecule has 20 heavy (non-hydrogen) atoms. The Morgan fingerprint density at radius 2 is 2.25 bits per heavy atom. The molecule has 2 atom stereocenters. The van der Waals surface area contributed by atoms with Gasteiger partial charge < -0.3 is 15.4 Å². The highest BCUT2D eigenvalue weighted by Crippen LogP contribution is 2.24. The molecule has 0 aliphatic carbocycles. The van der Waals surface area contributed by atoms with Crippen LogP contribution in [0.5, 0.6) is 5.75 Å². The Kier molecular flexibility index (Phi) is 6.23. The molecule has 1 aromatic heterocycles. The van der Waals surface area contributed by atoms with Crippen molar-refractivity contribution in [2.24, 2.45) is 5.92 Å². The van der Waals surface area contributed by atoms with Crippen LogP contribution in [0.15, 0.2) is 12.1 Å². The summed E-state index contributed by atoms with van der Waals surface area (Å²) in [7, 11) is 1.58. The summed E-state index contributed by atoms with van der Waals surface area (Å²) in [5, 5.41) is 6.23. The van der Waals surface area contributed by atoms with Crippen LogP contribution in [0.25, 0.3) is 0 Å². The number of ether oxygens (including phenoxy) is 1. The topological polar surface area (TPSA) is 63.2 Å². The Morgan fingerprint density at radius 1 is 1.50 bits per heavy atom. The first kappa shape index (κ1) is 16.7. The van der Waals surface area contributed by atoms with Gasteiger partial charge in [0.05, 0.1) is 7.11 Å². The number of rotatable bonds is 3. The Bertz CT molecular complexity index is 468. The van der Waals surface area contributed by atoms with Crippen molar-refractivity contribution in [3.63, 3.8) is 0 Å². The Morgan fingerprint density at radius 3 is 2.90 bits per heavy atom. The SMILES string of the molecule is COc1ccc(C)nc1NC(=O)[C@H]1CCN[C@@H](C)C1.Cl. The number of amides is 1. The van der Waals surface area contributed by atoms with Crippen molar-refractivity contribution in [3.05, 3.63) is 17.8 Å². The van der Waals surface area contributed by atoms with Crippen LogP contribution in [0.2, 0.25) is 0 Å². The number of aromatic nitrogens is 1. The molecule has 0 bridgehead atoms. The van der Waals surface area contributed by atoms with Crippen LogP contribution < -0.4 is 15.4 Å². The zero-order chi connectivity index (χ0) is 13.8. The van der Waals surface area contributed by atoms with Crippen LogP contribution in [-0.4, -0.2) is 30.6 Å². The fourth-order valence-corrected chi connectivity index (χ4v) is 2.39. The normalized spacial score (nSPS) is 21.8. The molecule has 1 saturated heterocycles. The number of hydrogen-bond acceptors (Lipinski definition) is 4. The summed E-state index contributed by atoms with van der Waals surface area (Å²) in [6.45, 7) is 4.88. The highest BCUT2D eigenvalue weighted by molar-refractivity contribution is 5.93. The minimum absolute atomic E-state index is 0. The van der Waals surface area contributed by atoms with E-state index in [1.165, 1.54) is 0 Å². The van der Waals surface area contributed by atoms with Crippen LogP contribution >= 0.6 is 12.4 Å². The smallest absolute Gasteiger partial charge is 0.228 e. The predicted molar refractivity (Wildman–Crippen MR) is 81.6 cm³/mol. The van der Waals surface area contributed by atoms with E-state index in [4.69, 9.17) is 4.74 Å². The summed E-state index contributed by atoms with van der Waals surface area (Å²) in [5.41, 5.74) is 0.856. The molecule has 1 aliphatic heterocycles. The number of methoxy groups -OCH3 is 1. The fraction of sp³-hybridized carbons (Fsp3) is 0.571. The minimum atomic E-state index is 0. The molecule has 2 N–H and O–H groups in total. The molecule has 112 valence electrons. The average molecular weight is 300 g/mol. The molecule has 1 aliphatic rings. The van der Waals surface area contributed by atoms with Gasteiger partial charge in [-0.1, -0.05) is 0 Å². The molecule has 1 fully saturated rings. The van der Waals surface area contributed by atoms with Gasteiger partial charge in [0.25, 0.3) is 0 Å². The molecule has 2 heterocycles. The Balaban J connectivity index is 0.00000200. The van der Waals surface area contributed by atoms with Crippen LogP contribution in [0.4, 0.5) is 5.82 Å². The van der Waals surface area contributed by atoms with Crippen molar-refractivity contribution in [2.75, 3.05) is 19.0 Å². The summed E-state index contributed by atoms with van der Waals surface area (Å²) in [4.78, 5) is 16.6. The van der Waals surface area contributed by atoms with Gasteiger partial charge in [-0.3, -0.25) is 4.79 Å². The van der Waals surface area contributed by atoms with Gasteiger partial charge in [-0.05, 0) is 45.4 Å². The van der Waals surface area contributed by atoms with Gasteiger partial charge in [-0.15, -0.1) is 12.4 Å². The second-order valence-corrected chi connectivity index (χ2v) is 5.07. The highest BCUT2D eigenvalue weighted by atomic mass is 35.5. The summed E-state index contributed by atoms with van der Waals surface area (Å²) in [6, 6.07) is 4.07. The van der Waals surface area contributed by atoms with E-state index in [0.29, 0.717) is 17.6 Å². The number of nitrogens with zero attached hydrogens (tertiary/aromatic N) is 1. The summed E-state index contributed by atoms with van der Waals surface area (Å²) in [5.74, 6) is 1.19. The lowest BCUT2D eigenvalue weighted by atomic mass is 9.92. The van der Waals surface area contributed by atoms with Gasteiger partial charge >= 0.3 is 0 Å². The molecule has 0 unspecified atom stereocenters.